The minimum Gasteiger partial charge on any atom is -0.316 e. The van der Waals surface area contributed by atoms with Gasteiger partial charge in [0.25, 0.3) is 0 Å². The summed E-state index contributed by atoms with van der Waals surface area (Å²) in [6.45, 7) is 1.07. The van der Waals surface area contributed by atoms with Gasteiger partial charge in [0.05, 0.1) is 0 Å². The number of allylic oxidation sites excluding steroid dienone is 1. The van der Waals surface area contributed by atoms with Crippen LogP contribution in [0.3, 0.4) is 0 Å². The lowest BCUT2D eigenvalue weighted by Crippen LogP contribution is -2.30. The fourth-order valence-electron chi connectivity index (χ4n) is 4.24. The molecule has 1 aromatic carbocycles. The second-order valence-electron chi connectivity index (χ2n) is 6.16. The first-order valence-corrected chi connectivity index (χ1v) is 8.60. The topological polar surface area (TPSA) is 12.0 Å². The highest BCUT2D eigenvalue weighted by molar-refractivity contribution is 7.17. The van der Waals surface area contributed by atoms with Gasteiger partial charge < -0.3 is 5.32 Å². The van der Waals surface area contributed by atoms with Crippen molar-refractivity contribution in [1.29, 1.82) is 0 Å². The number of benzene rings is 1. The molecule has 1 fully saturated rings. The smallest absolute Gasteiger partial charge is 0.0417 e. The number of hydrogen-bond donors (Lipinski definition) is 1. The Morgan fingerprint density at radius 1 is 1.10 bits per heavy atom. The van der Waals surface area contributed by atoms with E-state index in [2.05, 4.69) is 42.0 Å². The van der Waals surface area contributed by atoms with Crippen molar-refractivity contribution < 1.29 is 0 Å². The van der Waals surface area contributed by atoms with Crippen molar-refractivity contribution in [3.8, 4) is 0 Å². The first-order chi connectivity index (χ1) is 9.88. The molecule has 0 unspecified atom stereocenters. The van der Waals surface area contributed by atoms with E-state index in [9.17, 15) is 0 Å². The van der Waals surface area contributed by atoms with Crippen molar-refractivity contribution in [2.45, 2.75) is 25.7 Å². The molecule has 0 saturated heterocycles. The summed E-state index contributed by atoms with van der Waals surface area (Å²) in [6, 6.07) is 9.08. The Morgan fingerprint density at radius 3 is 2.70 bits per heavy atom. The number of fused-ring (bicyclic) bond motifs is 3. The van der Waals surface area contributed by atoms with Crippen LogP contribution in [0.25, 0.3) is 15.7 Å². The lowest BCUT2D eigenvalue weighted by atomic mass is 9.65. The third-order valence-corrected chi connectivity index (χ3v) is 6.07. The fraction of sp³-hybridized carbons (Fsp3) is 0.444. The monoisotopic (exact) mass is 283 g/mol. The number of nitrogens with one attached hydrogen (secondary N) is 1. The summed E-state index contributed by atoms with van der Waals surface area (Å²) in [5, 5.41) is 7.05. The zero-order valence-electron chi connectivity index (χ0n) is 12.0. The van der Waals surface area contributed by atoms with E-state index in [1.54, 1.807) is 11.1 Å². The van der Waals surface area contributed by atoms with E-state index >= 15 is 0 Å². The van der Waals surface area contributed by atoms with Crippen molar-refractivity contribution in [3.63, 3.8) is 0 Å². The van der Waals surface area contributed by atoms with Crippen molar-refractivity contribution >= 4 is 27.0 Å². The minimum absolute atomic E-state index is 0.802. The number of rotatable bonds is 3. The highest BCUT2D eigenvalue weighted by Gasteiger charge is 2.35. The molecule has 2 bridgehead atoms. The van der Waals surface area contributed by atoms with Crippen molar-refractivity contribution in [1.82, 2.24) is 5.32 Å². The molecule has 3 aliphatic rings. The summed E-state index contributed by atoms with van der Waals surface area (Å²) < 4.78 is 1.49. The molecule has 1 saturated carbocycles. The van der Waals surface area contributed by atoms with Crippen molar-refractivity contribution in [2.75, 3.05) is 13.6 Å². The number of thiophene rings is 1. The van der Waals surface area contributed by atoms with Gasteiger partial charge in [-0.3, -0.25) is 0 Å². The average Bonchev–Trinajstić information content (AvgIpc) is 2.97. The Labute approximate surface area is 124 Å². The van der Waals surface area contributed by atoms with Gasteiger partial charge in [0.15, 0.2) is 0 Å². The molecule has 104 valence electrons. The van der Waals surface area contributed by atoms with Gasteiger partial charge in [-0.15, -0.1) is 11.3 Å². The number of hydrogen-bond acceptors (Lipinski definition) is 2. The van der Waals surface area contributed by atoms with Crippen LogP contribution in [0.2, 0.25) is 0 Å². The number of likely N-dealkylation sites (N-methyl/N-ethyl adjacent to an activating group) is 1. The standard InChI is InChI=1S/C18H21NS/c1-19-11-16-12-5-7-13(8-6-12)17(16)15-4-2-3-14-9-10-20-18(14)15/h2-4,9-10,12-13,19H,5-8,11H2,1H3. The maximum absolute atomic E-state index is 3.41. The van der Waals surface area contributed by atoms with Crippen LogP contribution in [-0.2, 0) is 0 Å². The third kappa shape index (κ3) is 1.86. The quantitative estimate of drug-likeness (QED) is 0.861. The van der Waals surface area contributed by atoms with E-state index in [4.69, 9.17) is 0 Å². The Balaban J connectivity index is 1.94. The van der Waals surface area contributed by atoms with E-state index in [1.165, 1.54) is 41.3 Å². The van der Waals surface area contributed by atoms with Crippen LogP contribution in [0, 0.1) is 11.8 Å². The van der Waals surface area contributed by atoms with Gasteiger partial charge in [-0.25, -0.2) is 0 Å². The first-order valence-electron chi connectivity index (χ1n) is 7.72. The fourth-order valence-corrected chi connectivity index (χ4v) is 5.17. The second kappa shape index (κ2) is 5.01. The van der Waals surface area contributed by atoms with Gasteiger partial charge in [-0.05, 0) is 78.1 Å². The van der Waals surface area contributed by atoms with Crippen LogP contribution < -0.4 is 5.32 Å². The minimum atomic E-state index is 0.802. The van der Waals surface area contributed by atoms with Gasteiger partial charge in [-0.1, -0.05) is 18.2 Å². The molecule has 2 heteroatoms. The highest BCUT2D eigenvalue weighted by Crippen LogP contribution is 2.50. The van der Waals surface area contributed by atoms with Crippen molar-refractivity contribution in [2.24, 2.45) is 11.8 Å². The largest absolute Gasteiger partial charge is 0.316 e. The molecule has 0 radical (unpaired) electrons. The van der Waals surface area contributed by atoms with Crippen molar-refractivity contribution in [3.05, 3.63) is 40.8 Å². The summed E-state index contributed by atoms with van der Waals surface area (Å²) in [7, 11) is 2.08. The van der Waals surface area contributed by atoms with Gasteiger partial charge in [0.1, 0.15) is 0 Å². The lowest BCUT2D eigenvalue weighted by Gasteiger charge is -2.41. The molecule has 20 heavy (non-hydrogen) atoms. The van der Waals surface area contributed by atoms with Crippen LogP contribution >= 0.6 is 11.3 Å². The van der Waals surface area contributed by atoms with Crippen LogP contribution in [0.4, 0.5) is 0 Å². The Kier molecular flexibility index (Phi) is 3.16. The van der Waals surface area contributed by atoms with Crippen LogP contribution in [0.1, 0.15) is 31.2 Å². The predicted molar refractivity (Wildman–Crippen MR) is 88.1 cm³/mol. The van der Waals surface area contributed by atoms with Gasteiger partial charge >= 0.3 is 0 Å². The zero-order chi connectivity index (χ0) is 13.5. The Morgan fingerprint density at radius 2 is 1.90 bits per heavy atom. The summed E-state index contributed by atoms with van der Waals surface area (Å²) in [6.07, 6.45) is 5.61. The Hall–Kier alpha value is -1.12. The first kappa shape index (κ1) is 12.6. The molecule has 0 atom stereocenters. The average molecular weight is 283 g/mol. The van der Waals surface area contributed by atoms with E-state index in [0.717, 1.165) is 18.4 Å². The second-order valence-corrected chi connectivity index (χ2v) is 7.08. The molecule has 1 aromatic heterocycles. The normalized spacial score (nSPS) is 25.6. The molecule has 1 nitrogen and oxygen atoms in total. The molecule has 2 aromatic rings. The molecule has 0 amide bonds. The van der Waals surface area contributed by atoms with E-state index in [-0.39, 0.29) is 0 Å². The maximum Gasteiger partial charge on any atom is 0.0417 e. The third-order valence-electron chi connectivity index (χ3n) is 5.11. The Bertz CT molecular complexity index is 659. The molecule has 1 heterocycles. The lowest BCUT2D eigenvalue weighted by molar-refractivity contribution is 0.319. The molecule has 3 aliphatic carbocycles. The van der Waals surface area contributed by atoms with Crippen LogP contribution in [0.15, 0.2) is 35.2 Å². The van der Waals surface area contributed by atoms with Gasteiger partial charge in [-0.2, -0.15) is 0 Å². The van der Waals surface area contributed by atoms with Gasteiger partial charge in [0.2, 0.25) is 0 Å². The molecule has 0 spiro atoms. The maximum atomic E-state index is 3.41. The van der Waals surface area contributed by atoms with E-state index in [0.29, 0.717) is 0 Å². The summed E-state index contributed by atoms with van der Waals surface area (Å²) >= 11 is 1.90. The van der Waals surface area contributed by atoms with Crippen LogP contribution in [-0.4, -0.2) is 13.6 Å². The molecular formula is C18H21NS. The highest BCUT2D eigenvalue weighted by atomic mass is 32.1. The SMILES string of the molecule is CNCC1=C(c2cccc3ccsc23)C2CCC1CC2. The molecule has 5 rings (SSSR count). The molecular weight excluding hydrogens is 262 g/mol. The zero-order valence-corrected chi connectivity index (χ0v) is 12.8. The van der Waals surface area contributed by atoms with Gasteiger partial charge in [0, 0.05) is 11.2 Å². The molecule has 0 aliphatic heterocycles. The summed E-state index contributed by atoms with van der Waals surface area (Å²) in [4.78, 5) is 0. The van der Waals surface area contributed by atoms with E-state index in [1.807, 2.05) is 11.3 Å². The molecule has 1 N–H and O–H groups in total. The van der Waals surface area contributed by atoms with Crippen LogP contribution in [0.5, 0.6) is 0 Å². The summed E-state index contributed by atoms with van der Waals surface area (Å²) in [5.74, 6) is 1.63. The predicted octanol–water partition coefficient (Wildman–Crippen LogP) is 4.69. The van der Waals surface area contributed by atoms with E-state index < -0.39 is 0 Å². The summed E-state index contributed by atoms with van der Waals surface area (Å²) in [5.41, 5.74) is 4.92.